The lowest BCUT2D eigenvalue weighted by molar-refractivity contribution is 0.167. The van der Waals surface area contributed by atoms with Gasteiger partial charge in [-0.05, 0) is 43.4 Å². The second-order valence-corrected chi connectivity index (χ2v) is 7.29. The van der Waals surface area contributed by atoms with Crippen LogP contribution >= 0.6 is 0 Å². The van der Waals surface area contributed by atoms with Crippen LogP contribution in [0.15, 0.2) is 10.9 Å². The Morgan fingerprint density at radius 3 is 2.45 bits per heavy atom. The van der Waals surface area contributed by atoms with Gasteiger partial charge in [-0.2, -0.15) is 0 Å². The van der Waals surface area contributed by atoms with Crippen LogP contribution in [0.25, 0.3) is 0 Å². The van der Waals surface area contributed by atoms with Crippen molar-refractivity contribution in [3.05, 3.63) is 27.9 Å². The molecule has 20 heavy (non-hydrogen) atoms. The van der Waals surface area contributed by atoms with Gasteiger partial charge in [-0.3, -0.25) is 4.79 Å². The normalized spacial score (nSPS) is 23.8. The van der Waals surface area contributed by atoms with Crippen molar-refractivity contribution >= 4 is 0 Å². The molecule has 1 aromatic rings. The predicted octanol–water partition coefficient (Wildman–Crippen LogP) is 4.04. The van der Waals surface area contributed by atoms with Crippen LogP contribution in [-0.2, 0) is 6.42 Å². The maximum absolute atomic E-state index is 11.8. The molecule has 3 heteroatoms. The Labute approximate surface area is 122 Å². The van der Waals surface area contributed by atoms with Gasteiger partial charge in [0.05, 0.1) is 0 Å². The first-order chi connectivity index (χ1) is 9.40. The van der Waals surface area contributed by atoms with Gasteiger partial charge in [0, 0.05) is 17.7 Å². The molecule has 1 saturated carbocycles. The number of aromatic amines is 1. The Morgan fingerprint density at radius 1 is 1.25 bits per heavy atom. The summed E-state index contributed by atoms with van der Waals surface area (Å²) in [7, 11) is 0. The molecular formula is C17H28N2O. The van der Waals surface area contributed by atoms with Gasteiger partial charge in [0.2, 0.25) is 0 Å². The molecule has 3 nitrogen and oxygen atoms in total. The first kappa shape index (κ1) is 15.3. The number of aromatic nitrogens is 2. The smallest absolute Gasteiger partial charge is 0.251 e. The molecule has 1 fully saturated rings. The Morgan fingerprint density at radius 2 is 1.90 bits per heavy atom. The number of H-pyrrole nitrogens is 1. The largest absolute Gasteiger partial charge is 0.310 e. The number of rotatable bonds is 3. The van der Waals surface area contributed by atoms with E-state index in [0.717, 1.165) is 43.1 Å². The molecule has 0 amide bonds. The van der Waals surface area contributed by atoms with Crippen LogP contribution in [0.5, 0.6) is 0 Å². The first-order valence-corrected chi connectivity index (χ1v) is 8.00. The summed E-state index contributed by atoms with van der Waals surface area (Å²) in [6, 6.07) is 1.65. The summed E-state index contributed by atoms with van der Waals surface area (Å²) >= 11 is 0. The average molecular weight is 276 g/mol. The summed E-state index contributed by atoms with van der Waals surface area (Å²) in [5.41, 5.74) is 1.36. The third-order valence-electron chi connectivity index (χ3n) is 4.66. The van der Waals surface area contributed by atoms with Crippen molar-refractivity contribution in [3.63, 3.8) is 0 Å². The number of hydrogen-bond donors (Lipinski definition) is 1. The van der Waals surface area contributed by atoms with Crippen molar-refractivity contribution in [2.75, 3.05) is 0 Å². The van der Waals surface area contributed by atoms with Crippen molar-refractivity contribution in [1.82, 2.24) is 9.97 Å². The molecule has 2 rings (SSSR count). The van der Waals surface area contributed by atoms with E-state index in [0.29, 0.717) is 11.3 Å². The van der Waals surface area contributed by atoms with Crippen LogP contribution in [0.3, 0.4) is 0 Å². The zero-order chi connectivity index (χ0) is 14.8. The maximum atomic E-state index is 11.8. The topological polar surface area (TPSA) is 45.8 Å². The Kier molecular flexibility index (Phi) is 4.66. The molecule has 0 bridgehead atoms. The van der Waals surface area contributed by atoms with E-state index in [4.69, 9.17) is 0 Å². The zero-order valence-corrected chi connectivity index (χ0v) is 13.3. The SMILES string of the molecule is CCCc1cc(=O)[nH]c(C2CCC(C(C)(C)C)CC2)n1. The minimum Gasteiger partial charge on any atom is -0.310 e. The van der Waals surface area contributed by atoms with Gasteiger partial charge in [-0.25, -0.2) is 4.98 Å². The number of aryl methyl sites for hydroxylation is 1. The van der Waals surface area contributed by atoms with Crippen molar-refractivity contribution in [3.8, 4) is 0 Å². The van der Waals surface area contributed by atoms with Crippen LogP contribution in [0.2, 0.25) is 0 Å². The fraction of sp³-hybridized carbons (Fsp3) is 0.765. The van der Waals surface area contributed by atoms with Crippen molar-refractivity contribution in [1.29, 1.82) is 0 Å². The molecule has 1 aromatic heterocycles. The summed E-state index contributed by atoms with van der Waals surface area (Å²) in [5, 5.41) is 0. The van der Waals surface area contributed by atoms with Crippen LogP contribution in [0.4, 0.5) is 0 Å². The van der Waals surface area contributed by atoms with Crippen LogP contribution in [0, 0.1) is 11.3 Å². The Balaban J connectivity index is 2.09. The van der Waals surface area contributed by atoms with Crippen LogP contribution in [-0.4, -0.2) is 9.97 Å². The molecule has 0 aliphatic heterocycles. The fourth-order valence-corrected chi connectivity index (χ4v) is 3.34. The van der Waals surface area contributed by atoms with Crippen molar-refractivity contribution in [2.45, 2.75) is 72.1 Å². The van der Waals surface area contributed by atoms with E-state index in [1.807, 2.05) is 0 Å². The van der Waals surface area contributed by atoms with E-state index in [9.17, 15) is 4.79 Å². The molecule has 0 saturated heterocycles. The highest BCUT2D eigenvalue weighted by Crippen LogP contribution is 2.42. The Bertz CT molecular complexity index is 490. The molecule has 1 N–H and O–H groups in total. The molecule has 0 atom stereocenters. The Hall–Kier alpha value is -1.12. The van der Waals surface area contributed by atoms with E-state index < -0.39 is 0 Å². The minimum atomic E-state index is 0.0106. The third kappa shape index (κ3) is 3.71. The average Bonchev–Trinajstić information content (AvgIpc) is 2.37. The van der Waals surface area contributed by atoms with Gasteiger partial charge >= 0.3 is 0 Å². The second-order valence-electron chi connectivity index (χ2n) is 7.29. The van der Waals surface area contributed by atoms with E-state index in [-0.39, 0.29) is 5.56 Å². The van der Waals surface area contributed by atoms with Gasteiger partial charge in [-0.1, -0.05) is 34.1 Å². The molecule has 1 heterocycles. The van der Waals surface area contributed by atoms with Gasteiger partial charge in [0.25, 0.3) is 5.56 Å². The lowest BCUT2D eigenvalue weighted by Crippen LogP contribution is -2.26. The summed E-state index contributed by atoms with van der Waals surface area (Å²) in [5.74, 6) is 2.16. The van der Waals surface area contributed by atoms with Crippen molar-refractivity contribution < 1.29 is 0 Å². The lowest BCUT2D eigenvalue weighted by atomic mass is 9.69. The highest BCUT2D eigenvalue weighted by Gasteiger charge is 2.31. The van der Waals surface area contributed by atoms with Crippen LogP contribution < -0.4 is 5.56 Å². The molecular weight excluding hydrogens is 248 g/mol. The monoisotopic (exact) mass is 276 g/mol. The fourth-order valence-electron chi connectivity index (χ4n) is 3.34. The van der Waals surface area contributed by atoms with E-state index >= 15 is 0 Å². The minimum absolute atomic E-state index is 0.0106. The summed E-state index contributed by atoms with van der Waals surface area (Å²) in [6.45, 7) is 9.12. The van der Waals surface area contributed by atoms with Gasteiger partial charge < -0.3 is 4.98 Å². The number of nitrogens with one attached hydrogen (secondary N) is 1. The summed E-state index contributed by atoms with van der Waals surface area (Å²) in [6.07, 6.45) is 6.73. The quantitative estimate of drug-likeness (QED) is 0.905. The highest BCUT2D eigenvalue weighted by molar-refractivity contribution is 5.07. The van der Waals surface area contributed by atoms with Gasteiger partial charge in [-0.15, -0.1) is 0 Å². The van der Waals surface area contributed by atoms with Crippen LogP contribution in [0.1, 0.15) is 77.2 Å². The standard InChI is InChI=1S/C17H28N2O/c1-5-6-14-11-15(20)19-16(18-14)12-7-9-13(10-8-12)17(2,3)4/h11-13H,5-10H2,1-4H3,(H,18,19,20). The second kappa shape index (κ2) is 6.11. The number of nitrogens with zero attached hydrogens (tertiary/aromatic N) is 1. The molecule has 0 spiro atoms. The molecule has 0 radical (unpaired) electrons. The lowest BCUT2D eigenvalue weighted by Gasteiger charge is -2.36. The predicted molar refractivity (Wildman–Crippen MR) is 83.0 cm³/mol. The number of hydrogen-bond acceptors (Lipinski definition) is 2. The molecule has 1 aliphatic carbocycles. The first-order valence-electron chi connectivity index (χ1n) is 8.00. The van der Waals surface area contributed by atoms with E-state index in [1.165, 1.54) is 12.8 Å². The third-order valence-corrected chi connectivity index (χ3v) is 4.66. The molecule has 112 valence electrons. The molecule has 1 aliphatic rings. The molecule has 0 unspecified atom stereocenters. The van der Waals surface area contributed by atoms with E-state index in [2.05, 4.69) is 37.7 Å². The molecule has 0 aromatic carbocycles. The van der Waals surface area contributed by atoms with Gasteiger partial charge in [0.15, 0.2) is 0 Å². The van der Waals surface area contributed by atoms with Gasteiger partial charge in [0.1, 0.15) is 5.82 Å². The maximum Gasteiger partial charge on any atom is 0.251 e. The summed E-state index contributed by atoms with van der Waals surface area (Å²) < 4.78 is 0. The zero-order valence-electron chi connectivity index (χ0n) is 13.3. The van der Waals surface area contributed by atoms with E-state index in [1.54, 1.807) is 6.07 Å². The summed E-state index contributed by atoms with van der Waals surface area (Å²) in [4.78, 5) is 19.4. The van der Waals surface area contributed by atoms with Crippen molar-refractivity contribution in [2.24, 2.45) is 11.3 Å². The highest BCUT2D eigenvalue weighted by atomic mass is 16.1.